The standard InChI is InChI=1S/C18H16FN5O2S/c19-14-8-6-13(7-9-14)16-22-23-18(27-11-15(25)21-17(20)26)24(16)10-12-4-2-1-3-5-12/h1-9H,10-11H2,(H3,20,21,25,26). The molecule has 7 nitrogen and oxygen atoms in total. The molecule has 138 valence electrons. The fourth-order valence-electron chi connectivity index (χ4n) is 2.42. The van der Waals surface area contributed by atoms with Gasteiger partial charge in [-0.1, -0.05) is 42.1 Å². The minimum Gasteiger partial charge on any atom is -0.351 e. The highest BCUT2D eigenvalue weighted by molar-refractivity contribution is 7.99. The summed E-state index contributed by atoms with van der Waals surface area (Å²) in [4.78, 5) is 22.4. The van der Waals surface area contributed by atoms with Gasteiger partial charge in [-0.25, -0.2) is 9.18 Å². The van der Waals surface area contributed by atoms with Crippen LogP contribution in [0.15, 0.2) is 59.8 Å². The molecule has 0 atom stereocenters. The van der Waals surface area contributed by atoms with Crippen molar-refractivity contribution in [2.24, 2.45) is 5.73 Å². The number of nitrogens with two attached hydrogens (primary N) is 1. The van der Waals surface area contributed by atoms with E-state index in [1.54, 1.807) is 12.1 Å². The maximum atomic E-state index is 13.2. The predicted molar refractivity (Wildman–Crippen MR) is 99.4 cm³/mol. The number of aromatic nitrogens is 3. The Kier molecular flexibility index (Phi) is 5.82. The quantitative estimate of drug-likeness (QED) is 0.635. The summed E-state index contributed by atoms with van der Waals surface area (Å²) in [7, 11) is 0. The summed E-state index contributed by atoms with van der Waals surface area (Å²) < 4.78 is 15.1. The van der Waals surface area contributed by atoms with Crippen LogP contribution in [0.4, 0.5) is 9.18 Å². The van der Waals surface area contributed by atoms with Crippen molar-refractivity contribution in [1.82, 2.24) is 20.1 Å². The number of primary amides is 1. The van der Waals surface area contributed by atoms with E-state index in [0.717, 1.165) is 17.3 Å². The number of rotatable bonds is 6. The first kappa shape index (κ1) is 18.6. The Morgan fingerprint density at radius 3 is 2.44 bits per heavy atom. The highest BCUT2D eigenvalue weighted by Crippen LogP contribution is 2.25. The number of carbonyl (C=O) groups excluding carboxylic acids is 2. The summed E-state index contributed by atoms with van der Waals surface area (Å²) >= 11 is 1.13. The van der Waals surface area contributed by atoms with Gasteiger partial charge < -0.3 is 5.73 Å². The molecular formula is C18H16FN5O2S. The van der Waals surface area contributed by atoms with Gasteiger partial charge in [0.25, 0.3) is 0 Å². The van der Waals surface area contributed by atoms with Crippen LogP contribution in [0, 0.1) is 5.82 Å². The van der Waals surface area contributed by atoms with Crippen molar-refractivity contribution in [1.29, 1.82) is 0 Å². The third-order valence-corrected chi connectivity index (χ3v) is 4.56. The van der Waals surface area contributed by atoms with Crippen LogP contribution in [-0.2, 0) is 11.3 Å². The van der Waals surface area contributed by atoms with Crippen molar-refractivity contribution in [3.05, 3.63) is 66.0 Å². The Bertz CT molecular complexity index is 944. The van der Waals surface area contributed by atoms with Gasteiger partial charge in [0, 0.05) is 5.56 Å². The minimum absolute atomic E-state index is 0.0424. The van der Waals surface area contributed by atoms with E-state index < -0.39 is 11.9 Å². The summed E-state index contributed by atoms with van der Waals surface area (Å²) in [5, 5.41) is 10.9. The SMILES string of the molecule is NC(=O)NC(=O)CSc1nnc(-c2ccc(F)cc2)n1Cc1ccccc1. The third-order valence-electron chi connectivity index (χ3n) is 3.60. The van der Waals surface area contributed by atoms with Crippen molar-refractivity contribution >= 4 is 23.7 Å². The number of imide groups is 1. The first-order valence-corrected chi connectivity index (χ1v) is 8.96. The lowest BCUT2D eigenvalue weighted by Crippen LogP contribution is -2.36. The number of hydrogen-bond donors (Lipinski definition) is 2. The molecule has 0 aliphatic carbocycles. The summed E-state index contributed by atoms with van der Waals surface area (Å²) in [6, 6.07) is 14.7. The van der Waals surface area contributed by atoms with E-state index in [4.69, 9.17) is 5.73 Å². The molecule has 0 aliphatic rings. The minimum atomic E-state index is -0.904. The molecule has 0 radical (unpaired) electrons. The van der Waals surface area contributed by atoms with Crippen LogP contribution in [0.25, 0.3) is 11.4 Å². The van der Waals surface area contributed by atoms with Gasteiger partial charge in [-0.2, -0.15) is 0 Å². The molecule has 1 heterocycles. The maximum absolute atomic E-state index is 13.2. The van der Waals surface area contributed by atoms with Crippen molar-refractivity contribution in [3.63, 3.8) is 0 Å². The van der Waals surface area contributed by atoms with Gasteiger partial charge in [-0.15, -0.1) is 10.2 Å². The summed E-state index contributed by atoms with van der Waals surface area (Å²) in [6.45, 7) is 0.473. The summed E-state index contributed by atoms with van der Waals surface area (Å²) in [5.74, 6) is -0.355. The smallest absolute Gasteiger partial charge is 0.318 e. The molecule has 9 heteroatoms. The molecule has 3 amide bonds. The van der Waals surface area contributed by atoms with Crippen LogP contribution in [0.1, 0.15) is 5.56 Å². The first-order chi connectivity index (χ1) is 13.0. The maximum Gasteiger partial charge on any atom is 0.318 e. The average molecular weight is 385 g/mol. The van der Waals surface area contributed by atoms with Crippen LogP contribution in [-0.4, -0.2) is 32.5 Å². The zero-order valence-electron chi connectivity index (χ0n) is 14.1. The molecule has 2 aromatic carbocycles. The van der Waals surface area contributed by atoms with E-state index in [1.807, 2.05) is 40.2 Å². The molecule has 3 aromatic rings. The lowest BCUT2D eigenvalue weighted by atomic mass is 10.2. The normalized spacial score (nSPS) is 10.6. The number of benzene rings is 2. The Labute approximate surface area is 158 Å². The van der Waals surface area contributed by atoms with Gasteiger partial charge in [0.15, 0.2) is 11.0 Å². The van der Waals surface area contributed by atoms with E-state index in [-0.39, 0.29) is 11.6 Å². The van der Waals surface area contributed by atoms with Crippen molar-refractivity contribution in [3.8, 4) is 11.4 Å². The average Bonchev–Trinajstić information content (AvgIpc) is 3.03. The molecular weight excluding hydrogens is 369 g/mol. The van der Waals surface area contributed by atoms with Crippen molar-refractivity contribution in [2.75, 3.05) is 5.75 Å². The number of thioether (sulfide) groups is 1. The molecule has 0 unspecified atom stereocenters. The molecule has 1 aromatic heterocycles. The zero-order valence-corrected chi connectivity index (χ0v) is 14.9. The van der Waals surface area contributed by atoms with Gasteiger partial charge in [0.05, 0.1) is 12.3 Å². The monoisotopic (exact) mass is 385 g/mol. The van der Waals surface area contributed by atoms with E-state index in [1.165, 1.54) is 12.1 Å². The highest BCUT2D eigenvalue weighted by Gasteiger charge is 2.16. The fraction of sp³-hybridized carbons (Fsp3) is 0.111. The molecule has 3 rings (SSSR count). The molecule has 0 aliphatic heterocycles. The second-order valence-corrected chi connectivity index (χ2v) is 6.53. The Hall–Kier alpha value is -3.20. The van der Waals surface area contributed by atoms with Crippen LogP contribution in [0.5, 0.6) is 0 Å². The van der Waals surface area contributed by atoms with E-state index in [9.17, 15) is 14.0 Å². The molecule has 0 saturated heterocycles. The number of nitrogens with one attached hydrogen (secondary N) is 1. The number of nitrogens with zero attached hydrogens (tertiary/aromatic N) is 3. The van der Waals surface area contributed by atoms with Gasteiger partial charge >= 0.3 is 6.03 Å². The summed E-state index contributed by atoms with van der Waals surface area (Å²) in [6.07, 6.45) is 0. The van der Waals surface area contributed by atoms with Crippen LogP contribution in [0.3, 0.4) is 0 Å². The second kappa shape index (κ2) is 8.45. The fourth-order valence-corrected chi connectivity index (χ4v) is 3.16. The molecule has 27 heavy (non-hydrogen) atoms. The number of halogens is 1. The van der Waals surface area contributed by atoms with Gasteiger partial charge in [0.1, 0.15) is 5.82 Å². The van der Waals surface area contributed by atoms with Crippen LogP contribution < -0.4 is 11.1 Å². The molecule has 0 bridgehead atoms. The van der Waals surface area contributed by atoms with Gasteiger partial charge in [-0.05, 0) is 29.8 Å². The third kappa shape index (κ3) is 4.91. The van der Waals surface area contributed by atoms with Crippen LogP contribution in [0.2, 0.25) is 0 Å². The second-order valence-electron chi connectivity index (χ2n) is 5.59. The number of urea groups is 1. The molecule has 3 N–H and O–H groups in total. The zero-order chi connectivity index (χ0) is 19.2. The lowest BCUT2D eigenvalue weighted by Gasteiger charge is -2.10. The predicted octanol–water partition coefficient (Wildman–Crippen LogP) is 2.42. The van der Waals surface area contributed by atoms with Gasteiger partial charge in [0.2, 0.25) is 5.91 Å². The topological polar surface area (TPSA) is 103 Å². The van der Waals surface area contributed by atoms with E-state index in [2.05, 4.69) is 10.2 Å². The first-order valence-electron chi connectivity index (χ1n) is 7.98. The van der Waals surface area contributed by atoms with E-state index >= 15 is 0 Å². The van der Waals surface area contributed by atoms with Crippen LogP contribution >= 0.6 is 11.8 Å². The molecule has 0 fully saturated rings. The number of carbonyl (C=O) groups is 2. The summed E-state index contributed by atoms with van der Waals surface area (Å²) in [5.41, 5.74) is 6.66. The largest absolute Gasteiger partial charge is 0.351 e. The van der Waals surface area contributed by atoms with Crippen molar-refractivity contribution < 1.29 is 14.0 Å². The molecule has 0 saturated carbocycles. The van der Waals surface area contributed by atoms with Crippen molar-refractivity contribution in [2.45, 2.75) is 11.7 Å². The Balaban J connectivity index is 1.89. The number of hydrogen-bond acceptors (Lipinski definition) is 5. The lowest BCUT2D eigenvalue weighted by molar-refractivity contribution is -0.117. The Morgan fingerprint density at radius 2 is 1.78 bits per heavy atom. The molecule has 0 spiro atoms. The Morgan fingerprint density at radius 1 is 1.07 bits per heavy atom. The van der Waals surface area contributed by atoms with Gasteiger partial charge in [-0.3, -0.25) is 14.7 Å². The van der Waals surface area contributed by atoms with E-state index in [0.29, 0.717) is 23.1 Å². The highest BCUT2D eigenvalue weighted by atomic mass is 32.2. The number of amides is 3.